The Hall–Kier alpha value is -2.17. The summed E-state index contributed by atoms with van der Waals surface area (Å²) in [5, 5.41) is 5.21. The molecule has 86 valence electrons. The van der Waals surface area contributed by atoms with Gasteiger partial charge in [-0.1, -0.05) is 18.2 Å². The van der Waals surface area contributed by atoms with Crippen molar-refractivity contribution in [2.24, 2.45) is 7.05 Å². The molecule has 0 N–H and O–H groups in total. The van der Waals surface area contributed by atoms with Crippen molar-refractivity contribution in [1.82, 2.24) is 9.78 Å². The van der Waals surface area contributed by atoms with E-state index in [4.69, 9.17) is 0 Å². The van der Waals surface area contributed by atoms with Gasteiger partial charge in [-0.3, -0.25) is 14.3 Å². The van der Waals surface area contributed by atoms with Crippen LogP contribution in [0.4, 0.5) is 0 Å². The molecule has 0 bridgehead atoms. The van der Waals surface area contributed by atoms with E-state index in [2.05, 4.69) is 9.84 Å². The van der Waals surface area contributed by atoms with Crippen molar-refractivity contribution >= 4 is 22.8 Å². The minimum absolute atomic E-state index is 0.0996. The van der Waals surface area contributed by atoms with Crippen molar-refractivity contribution in [3.05, 3.63) is 30.0 Å². The van der Waals surface area contributed by atoms with Crippen LogP contribution in [0.1, 0.15) is 18.0 Å². The Morgan fingerprint density at radius 3 is 2.82 bits per heavy atom. The molecule has 0 radical (unpaired) electrons. The van der Waals surface area contributed by atoms with Crippen molar-refractivity contribution < 1.29 is 14.3 Å². The molecule has 5 heteroatoms. The molecule has 5 nitrogen and oxygen atoms in total. The number of nitrogens with zero attached hydrogens (tertiary/aromatic N) is 2. The topological polar surface area (TPSA) is 61.2 Å². The SMILES string of the molecule is Cn1nc2ccccc2c1C1CC(=O)OC1=O. The molecule has 0 amide bonds. The number of aryl methyl sites for hydroxylation is 1. The maximum absolute atomic E-state index is 11.6. The first-order chi connectivity index (χ1) is 8.16. The first-order valence-electron chi connectivity index (χ1n) is 5.33. The van der Waals surface area contributed by atoms with E-state index in [0.717, 1.165) is 16.6 Å². The summed E-state index contributed by atoms with van der Waals surface area (Å²) in [6.07, 6.45) is 0.0996. The lowest BCUT2D eigenvalue weighted by molar-refractivity contribution is -0.152. The average molecular weight is 230 g/mol. The predicted molar refractivity (Wildman–Crippen MR) is 59.2 cm³/mol. The first kappa shape index (κ1) is 10.0. The lowest BCUT2D eigenvalue weighted by Crippen LogP contribution is -2.10. The van der Waals surface area contributed by atoms with Gasteiger partial charge in [0.15, 0.2) is 0 Å². The summed E-state index contributed by atoms with van der Waals surface area (Å²) >= 11 is 0. The molecule has 0 aliphatic carbocycles. The Balaban J connectivity index is 2.20. The Kier molecular flexibility index (Phi) is 2.01. The fourth-order valence-electron chi connectivity index (χ4n) is 2.26. The molecule has 17 heavy (non-hydrogen) atoms. The van der Waals surface area contributed by atoms with Gasteiger partial charge < -0.3 is 4.74 Å². The van der Waals surface area contributed by atoms with Crippen molar-refractivity contribution in [2.45, 2.75) is 12.3 Å². The number of cyclic esters (lactones) is 2. The van der Waals surface area contributed by atoms with Crippen LogP contribution in [-0.4, -0.2) is 21.7 Å². The number of hydrogen-bond acceptors (Lipinski definition) is 4. The van der Waals surface area contributed by atoms with Gasteiger partial charge in [0, 0.05) is 12.4 Å². The van der Waals surface area contributed by atoms with E-state index in [9.17, 15) is 9.59 Å². The molecule has 2 aromatic rings. The highest BCUT2D eigenvalue weighted by Crippen LogP contribution is 2.32. The second kappa shape index (κ2) is 3.41. The Bertz CT molecular complexity index is 630. The number of fused-ring (bicyclic) bond motifs is 1. The largest absolute Gasteiger partial charge is 0.393 e. The van der Waals surface area contributed by atoms with Crippen LogP contribution in [0, 0.1) is 0 Å². The van der Waals surface area contributed by atoms with E-state index in [1.54, 1.807) is 11.7 Å². The molecule has 1 aromatic heterocycles. The molecule has 3 rings (SSSR count). The zero-order valence-electron chi connectivity index (χ0n) is 9.21. The van der Waals surface area contributed by atoms with Gasteiger partial charge in [-0.15, -0.1) is 0 Å². The Morgan fingerprint density at radius 1 is 1.35 bits per heavy atom. The van der Waals surface area contributed by atoms with Gasteiger partial charge in [0.25, 0.3) is 0 Å². The molecule has 0 saturated carbocycles. The van der Waals surface area contributed by atoms with Crippen LogP contribution in [0.3, 0.4) is 0 Å². The van der Waals surface area contributed by atoms with Gasteiger partial charge in [-0.05, 0) is 6.07 Å². The highest BCUT2D eigenvalue weighted by Gasteiger charge is 2.37. The number of hydrogen-bond donors (Lipinski definition) is 0. The van der Waals surface area contributed by atoms with E-state index in [0.29, 0.717) is 0 Å². The molecule has 1 aliphatic rings. The summed E-state index contributed by atoms with van der Waals surface area (Å²) in [7, 11) is 1.77. The van der Waals surface area contributed by atoms with Crippen LogP contribution >= 0.6 is 0 Å². The van der Waals surface area contributed by atoms with E-state index in [-0.39, 0.29) is 6.42 Å². The number of ether oxygens (including phenoxy) is 1. The summed E-state index contributed by atoms with van der Waals surface area (Å²) in [5.74, 6) is -1.48. The van der Waals surface area contributed by atoms with E-state index in [1.165, 1.54) is 0 Å². The average Bonchev–Trinajstić information content (AvgIpc) is 2.77. The molecular weight excluding hydrogens is 220 g/mol. The minimum atomic E-state index is -0.528. The van der Waals surface area contributed by atoms with Gasteiger partial charge in [-0.25, -0.2) is 0 Å². The summed E-state index contributed by atoms with van der Waals surface area (Å²) in [6, 6.07) is 7.54. The van der Waals surface area contributed by atoms with Crippen LogP contribution in [0.2, 0.25) is 0 Å². The summed E-state index contributed by atoms with van der Waals surface area (Å²) in [5.41, 5.74) is 1.56. The monoisotopic (exact) mass is 230 g/mol. The van der Waals surface area contributed by atoms with Gasteiger partial charge in [0.05, 0.1) is 17.6 Å². The zero-order valence-corrected chi connectivity index (χ0v) is 9.21. The molecule has 1 aromatic carbocycles. The molecule has 1 atom stereocenters. The number of esters is 2. The number of carbonyl (C=O) groups excluding carboxylic acids is 2. The third kappa shape index (κ3) is 1.43. The number of benzene rings is 1. The van der Waals surface area contributed by atoms with Crippen molar-refractivity contribution in [1.29, 1.82) is 0 Å². The van der Waals surface area contributed by atoms with Gasteiger partial charge in [0.2, 0.25) is 0 Å². The second-order valence-electron chi connectivity index (χ2n) is 4.08. The molecule has 1 aliphatic heterocycles. The summed E-state index contributed by atoms with van der Waals surface area (Å²) < 4.78 is 6.23. The van der Waals surface area contributed by atoms with Crippen molar-refractivity contribution in [3.63, 3.8) is 0 Å². The molecule has 0 spiro atoms. The first-order valence-corrected chi connectivity index (χ1v) is 5.33. The number of aromatic nitrogens is 2. The van der Waals surface area contributed by atoms with Gasteiger partial charge >= 0.3 is 11.9 Å². The quantitative estimate of drug-likeness (QED) is 0.544. The second-order valence-corrected chi connectivity index (χ2v) is 4.08. The Morgan fingerprint density at radius 2 is 2.12 bits per heavy atom. The van der Waals surface area contributed by atoms with Crippen LogP contribution in [-0.2, 0) is 21.4 Å². The summed E-state index contributed by atoms with van der Waals surface area (Å²) in [4.78, 5) is 22.7. The van der Waals surface area contributed by atoms with Crippen LogP contribution in [0.15, 0.2) is 24.3 Å². The van der Waals surface area contributed by atoms with Crippen LogP contribution < -0.4 is 0 Å². The maximum atomic E-state index is 11.6. The Labute approximate surface area is 97.0 Å². The maximum Gasteiger partial charge on any atom is 0.323 e. The van der Waals surface area contributed by atoms with E-state index >= 15 is 0 Å². The van der Waals surface area contributed by atoms with E-state index < -0.39 is 17.9 Å². The lowest BCUT2D eigenvalue weighted by atomic mass is 10.0. The lowest BCUT2D eigenvalue weighted by Gasteiger charge is -2.05. The highest BCUT2D eigenvalue weighted by molar-refractivity contribution is 6.00. The fraction of sp³-hybridized carbons (Fsp3) is 0.250. The number of carbonyl (C=O) groups is 2. The van der Waals surface area contributed by atoms with Crippen molar-refractivity contribution in [3.8, 4) is 0 Å². The molecule has 2 heterocycles. The standard InChI is InChI=1S/C12H10N2O3/c1-14-11(8-6-10(15)17-12(8)16)7-4-2-3-5-9(7)13-14/h2-5,8H,6H2,1H3. The molecule has 1 unspecified atom stereocenters. The summed E-state index contributed by atoms with van der Waals surface area (Å²) in [6.45, 7) is 0. The third-order valence-electron chi connectivity index (χ3n) is 2.99. The highest BCUT2D eigenvalue weighted by atomic mass is 16.6. The van der Waals surface area contributed by atoms with Gasteiger partial charge in [-0.2, -0.15) is 5.10 Å². The predicted octanol–water partition coefficient (Wildman–Crippen LogP) is 1.13. The van der Waals surface area contributed by atoms with Gasteiger partial charge in [0.1, 0.15) is 5.92 Å². The number of rotatable bonds is 1. The zero-order chi connectivity index (χ0) is 12.0. The van der Waals surface area contributed by atoms with Crippen molar-refractivity contribution in [2.75, 3.05) is 0 Å². The smallest absolute Gasteiger partial charge is 0.323 e. The molecule has 1 fully saturated rings. The minimum Gasteiger partial charge on any atom is -0.393 e. The van der Waals surface area contributed by atoms with Crippen LogP contribution in [0.5, 0.6) is 0 Å². The normalized spacial score (nSPS) is 19.9. The third-order valence-corrected chi connectivity index (χ3v) is 2.99. The van der Waals surface area contributed by atoms with E-state index in [1.807, 2.05) is 24.3 Å². The molecular formula is C12H10N2O3. The van der Waals surface area contributed by atoms with Crippen LogP contribution in [0.25, 0.3) is 10.9 Å². The molecule has 1 saturated heterocycles. The fourth-order valence-corrected chi connectivity index (χ4v) is 2.26.